The number of rotatable bonds is 4. The third-order valence-corrected chi connectivity index (χ3v) is 4.83. The van der Waals surface area contributed by atoms with Gasteiger partial charge in [0.1, 0.15) is 18.4 Å². The Morgan fingerprint density at radius 1 is 1.40 bits per heavy atom. The van der Waals surface area contributed by atoms with Crippen molar-refractivity contribution in [3.63, 3.8) is 0 Å². The van der Waals surface area contributed by atoms with Gasteiger partial charge in [-0.05, 0) is 17.7 Å². The summed E-state index contributed by atoms with van der Waals surface area (Å²) in [7, 11) is 1.60. The molecule has 2 aliphatic rings. The van der Waals surface area contributed by atoms with Gasteiger partial charge in [-0.15, -0.1) is 11.8 Å². The van der Waals surface area contributed by atoms with E-state index in [1.807, 2.05) is 24.3 Å². The average Bonchev–Trinajstić information content (AvgIpc) is 2.82. The number of esters is 1. The molecule has 3 rings (SSSR count). The van der Waals surface area contributed by atoms with Crippen molar-refractivity contribution < 1.29 is 19.1 Å². The first-order valence-corrected chi connectivity index (χ1v) is 7.46. The number of benzene rings is 1. The van der Waals surface area contributed by atoms with Crippen LogP contribution in [-0.2, 0) is 20.9 Å². The molecule has 0 bridgehead atoms. The number of nitrogens with zero attached hydrogens (tertiary/aromatic N) is 1. The molecule has 1 amide bonds. The molecule has 106 valence electrons. The predicted octanol–water partition coefficient (Wildman–Crippen LogP) is 1.41. The van der Waals surface area contributed by atoms with Crippen molar-refractivity contribution in [2.24, 2.45) is 0 Å². The molecule has 1 aromatic rings. The number of carbonyl (C=O) groups is 2. The van der Waals surface area contributed by atoms with Gasteiger partial charge >= 0.3 is 5.97 Å². The van der Waals surface area contributed by atoms with Gasteiger partial charge in [0.15, 0.2) is 0 Å². The van der Waals surface area contributed by atoms with Crippen molar-refractivity contribution >= 4 is 23.6 Å². The Bertz CT molecular complexity index is 530. The molecule has 1 aromatic carbocycles. The maximum atomic E-state index is 12.0. The number of β-lactam (4-membered cyclic amide) rings is 1. The Hall–Kier alpha value is -1.69. The highest BCUT2D eigenvalue weighted by Crippen LogP contribution is 2.39. The average molecular weight is 293 g/mol. The predicted molar refractivity (Wildman–Crippen MR) is 74.3 cm³/mol. The van der Waals surface area contributed by atoms with Gasteiger partial charge in [0.25, 0.3) is 0 Å². The zero-order valence-electron chi connectivity index (χ0n) is 11.1. The molecule has 0 spiro atoms. The van der Waals surface area contributed by atoms with E-state index < -0.39 is 6.04 Å². The minimum Gasteiger partial charge on any atom is -0.497 e. The summed E-state index contributed by atoms with van der Waals surface area (Å²) in [6.07, 6.45) is 0.549. The lowest BCUT2D eigenvalue weighted by molar-refractivity contribution is -0.160. The summed E-state index contributed by atoms with van der Waals surface area (Å²) in [6.45, 7) is 0.219. The van der Waals surface area contributed by atoms with Crippen LogP contribution < -0.4 is 4.74 Å². The third kappa shape index (κ3) is 2.35. The highest BCUT2D eigenvalue weighted by molar-refractivity contribution is 8.00. The molecule has 0 aliphatic carbocycles. The molecule has 0 saturated carbocycles. The largest absolute Gasteiger partial charge is 0.497 e. The fraction of sp³-hybridized carbons (Fsp3) is 0.429. The fourth-order valence-electron chi connectivity index (χ4n) is 2.35. The summed E-state index contributed by atoms with van der Waals surface area (Å²) in [5.41, 5.74) is 0.899. The van der Waals surface area contributed by atoms with Crippen molar-refractivity contribution in [2.45, 2.75) is 24.4 Å². The molecule has 2 aliphatic heterocycles. The van der Waals surface area contributed by atoms with Gasteiger partial charge in [0, 0.05) is 5.75 Å². The van der Waals surface area contributed by atoms with Gasteiger partial charge in [-0.2, -0.15) is 0 Å². The van der Waals surface area contributed by atoms with E-state index in [2.05, 4.69) is 0 Å². The number of hydrogen-bond acceptors (Lipinski definition) is 5. The van der Waals surface area contributed by atoms with Crippen LogP contribution in [0.5, 0.6) is 5.75 Å². The first kappa shape index (κ1) is 13.3. The fourth-order valence-corrected chi connectivity index (χ4v) is 3.74. The summed E-state index contributed by atoms with van der Waals surface area (Å²) in [6, 6.07) is 6.94. The highest BCUT2D eigenvalue weighted by Gasteiger charge is 2.49. The van der Waals surface area contributed by atoms with E-state index in [-0.39, 0.29) is 23.9 Å². The second-order valence-electron chi connectivity index (χ2n) is 4.76. The molecule has 5 nitrogen and oxygen atoms in total. The molecule has 0 N–H and O–H groups in total. The lowest BCUT2D eigenvalue weighted by Crippen LogP contribution is -2.54. The number of amides is 1. The molecule has 0 aromatic heterocycles. The van der Waals surface area contributed by atoms with E-state index in [4.69, 9.17) is 9.47 Å². The van der Waals surface area contributed by atoms with Crippen LogP contribution >= 0.6 is 11.8 Å². The number of hydrogen-bond donors (Lipinski definition) is 0. The molecular weight excluding hydrogens is 278 g/mol. The Balaban J connectivity index is 1.55. The molecule has 2 atom stereocenters. The molecule has 2 heterocycles. The van der Waals surface area contributed by atoms with Crippen LogP contribution in [0, 0.1) is 0 Å². The number of ether oxygens (including phenoxy) is 2. The van der Waals surface area contributed by atoms with Crippen LogP contribution in [0.2, 0.25) is 0 Å². The second-order valence-corrected chi connectivity index (χ2v) is 5.98. The van der Waals surface area contributed by atoms with E-state index in [0.717, 1.165) is 11.3 Å². The lowest BCUT2D eigenvalue weighted by Gasteiger charge is -2.36. The second kappa shape index (κ2) is 5.36. The number of methoxy groups -OCH3 is 1. The van der Waals surface area contributed by atoms with Crippen molar-refractivity contribution in [3.8, 4) is 5.75 Å². The van der Waals surface area contributed by atoms with Crippen LogP contribution in [0.4, 0.5) is 0 Å². The van der Waals surface area contributed by atoms with Gasteiger partial charge < -0.3 is 14.4 Å². The minimum absolute atomic E-state index is 0.0476. The Morgan fingerprint density at radius 3 is 2.80 bits per heavy atom. The van der Waals surface area contributed by atoms with Gasteiger partial charge in [-0.25, -0.2) is 4.79 Å². The monoisotopic (exact) mass is 293 g/mol. The molecule has 2 saturated heterocycles. The van der Waals surface area contributed by atoms with Crippen LogP contribution in [0.1, 0.15) is 12.0 Å². The van der Waals surface area contributed by atoms with E-state index in [1.165, 1.54) is 0 Å². The van der Waals surface area contributed by atoms with Gasteiger partial charge in [0.2, 0.25) is 5.91 Å². The van der Waals surface area contributed by atoms with E-state index in [1.54, 1.807) is 23.8 Å². The van der Waals surface area contributed by atoms with Crippen LogP contribution in [0.25, 0.3) is 0 Å². The van der Waals surface area contributed by atoms with E-state index >= 15 is 0 Å². The van der Waals surface area contributed by atoms with Gasteiger partial charge in [-0.1, -0.05) is 12.1 Å². The summed E-state index contributed by atoms with van der Waals surface area (Å²) in [5, 5.41) is 0.182. The summed E-state index contributed by atoms with van der Waals surface area (Å²) in [4.78, 5) is 25.1. The van der Waals surface area contributed by atoms with Crippen molar-refractivity contribution in [2.75, 3.05) is 12.9 Å². The lowest BCUT2D eigenvalue weighted by atomic mass is 10.1. The molecule has 2 fully saturated rings. The summed E-state index contributed by atoms with van der Waals surface area (Å²) >= 11 is 1.65. The summed E-state index contributed by atoms with van der Waals surface area (Å²) in [5.74, 6) is 1.13. The quantitative estimate of drug-likeness (QED) is 0.620. The van der Waals surface area contributed by atoms with Gasteiger partial charge in [0.05, 0.1) is 18.9 Å². The third-order valence-electron chi connectivity index (χ3n) is 3.54. The van der Waals surface area contributed by atoms with E-state index in [0.29, 0.717) is 12.2 Å². The zero-order chi connectivity index (χ0) is 14.1. The maximum absolute atomic E-state index is 12.0. The van der Waals surface area contributed by atoms with E-state index in [9.17, 15) is 9.59 Å². The smallest absolute Gasteiger partial charge is 0.330 e. The molecule has 6 heteroatoms. The van der Waals surface area contributed by atoms with Crippen molar-refractivity contribution in [3.05, 3.63) is 29.8 Å². The normalized spacial score (nSPS) is 24.1. The molecule has 20 heavy (non-hydrogen) atoms. The number of fused-ring (bicyclic) bond motifs is 1. The van der Waals surface area contributed by atoms with Crippen molar-refractivity contribution in [1.29, 1.82) is 0 Å². The Kier molecular flexibility index (Phi) is 3.56. The summed E-state index contributed by atoms with van der Waals surface area (Å²) < 4.78 is 10.4. The van der Waals surface area contributed by atoms with Crippen LogP contribution in [-0.4, -0.2) is 41.1 Å². The number of carbonyl (C=O) groups excluding carboxylic acids is 2. The van der Waals surface area contributed by atoms with Crippen molar-refractivity contribution in [1.82, 2.24) is 4.90 Å². The topological polar surface area (TPSA) is 55.8 Å². The Morgan fingerprint density at radius 2 is 2.15 bits per heavy atom. The van der Waals surface area contributed by atoms with Crippen LogP contribution in [0.3, 0.4) is 0 Å². The molecule has 0 radical (unpaired) electrons. The first-order chi connectivity index (χ1) is 9.69. The Labute approximate surface area is 121 Å². The first-order valence-electron chi connectivity index (χ1n) is 6.41. The van der Waals surface area contributed by atoms with Gasteiger partial charge in [-0.3, -0.25) is 4.79 Å². The minimum atomic E-state index is -0.413. The zero-order valence-corrected chi connectivity index (χ0v) is 11.9. The molecular formula is C14H15NO4S. The SMILES string of the molecule is COc1ccc(COC(=O)C2CS[C@@H]3CC(=O)N23)cc1. The van der Waals surface area contributed by atoms with Crippen LogP contribution in [0.15, 0.2) is 24.3 Å². The standard InChI is InChI=1S/C14H15NO4S/c1-18-10-4-2-9(3-5-10)7-19-14(17)11-8-20-13-6-12(16)15(11)13/h2-5,11,13H,6-8H2,1H3/t11?,13-/m1/s1. The maximum Gasteiger partial charge on any atom is 0.330 e. The highest BCUT2D eigenvalue weighted by atomic mass is 32.2. The number of thioether (sulfide) groups is 1. The molecule has 1 unspecified atom stereocenters.